The Balaban J connectivity index is 1.71. The first-order chi connectivity index (χ1) is 12.9. The van der Waals surface area contributed by atoms with Crippen LogP contribution in [0.5, 0.6) is 0 Å². The van der Waals surface area contributed by atoms with E-state index in [9.17, 15) is 4.21 Å². The van der Waals surface area contributed by atoms with Gasteiger partial charge in [-0.1, -0.05) is 11.6 Å². The van der Waals surface area contributed by atoms with Crippen molar-refractivity contribution < 1.29 is 8.63 Å². The van der Waals surface area contributed by atoms with Crippen LogP contribution >= 0.6 is 22.9 Å². The van der Waals surface area contributed by atoms with Gasteiger partial charge in [0, 0.05) is 25.0 Å². The van der Waals surface area contributed by atoms with Crippen LogP contribution in [0, 0.1) is 0 Å². The van der Waals surface area contributed by atoms with Crippen LogP contribution in [0.15, 0.2) is 40.0 Å². The molecule has 0 radical (unpaired) electrons. The van der Waals surface area contributed by atoms with Crippen LogP contribution in [-0.4, -0.2) is 42.5 Å². The predicted octanol–water partition coefficient (Wildman–Crippen LogP) is 2.65. The second kappa shape index (κ2) is 6.70. The number of rotatable bonds is 3. The molecule has 1 aliphatic rings. The normalized spacial score (nSPS) is 22.7. The maximum atomic E-state index is 12.3. The Labute approximate surface area is 166 Å². The minimum atomic E-state index is -1.28. The zero-order valence-electron chi connectivity index (χ0n) is 14.4. The number of thiophene rings is 1. The Morgan fingerprint density at radius 2 is 2.04 bits per heavy atom. The molecule has 4 rings (SSSR count). The van der Waals surface area contributed by atoms with Crippen molar-refractivity contribution >= 4 is 39.9 Å². The first-order valence-corrected chi connectivity index (χ1v) is 10.4. The lowest BCUT2D eigenvalue weighted by atomic mass is 10.0. The number of nitrogens with zero attached hydrogens (tertiary/aromatic N) is 5. The first-order valence-electron chi connectivity index (χ1n) is 7.89. The number of hydrogen-bond donors (Lipinski definition) is 1. The molecule has 1 aliphatic heterocycles. The third-order valence-corrected chi connectivity index (χ3v) is 7.53. The van der Waals surface area contributed by atoms with Gasteiger partial charge in [-0.05, 0) is 25.1 Å². The summed E-state index contributed by atoms with van der Waals surface area (Å²) in [6.45, 7) is 1.86. The molecule has 27 heavy (non-hydrogen) atoms. The van der Waals surface area contributed by atoms with E-state index in [1.54, 1.807) is 37.6 Å². The first kappa shape index (κ1) is 18.1. The molecule has 0 amide bonds. The molecule has 140 valence electrons. The fourth-order valence-corrected chi connectivity index (χ4v) is 5.47. The number of nitrogens with two attached hydrogens (primary N) is 1. The van der Waals surface area contributed by atoms with Gasteiger partial charge in [-0.3, -0.25) is 9.29 Å². The summed E-state index contributed by atoms with van der Waals surface area (Å²) in [6, 6.07) is 5.33. The molecule has 0 spiro atoms. The smallest absolute Gasteiger partial charge is 0.258 e. The van der Waals surface area contributed by atoms with Gasteiger partial charge in [-0.2, -0.15) is 0 Å². The largest absolute Gasteiger partial charge is 0.415 e. The maximum absolute atomic E-state index is 12.3. The monoisotopic (exact) mass is 422 g/mol. The third-order valence-electron chi connectivity index (χ3n) is 4.13. The number of hydrogen-bond acceptors (Lipinski definition) is 8. The van der Waals surface area contributed by atoms with Gasteiger partial charge in [-0.15, -0.1) is 21.5 Å². The van der Waals surface area contributed by atoms with E-state index in [0.717, 1.165) is 10.4 Å². The SMILES string of the molecule is CN1C(N)=N[C@](C)(c2sc(-c3nnc(-c4ccncc4)o3)cc2Cl)CS1=O. The molecule has 4 heterocycles. The molecule has 3 aromatic rings. The van der Waals surface area contributed by atoms with Gasteiger partial charge in [0.2, 0.25) is 11.9 Å². The molecule has 0 aliphatic carbocycles. The minimum Gasteiger partial charge on any atom is -0.415 e. The van der Waals surface area contributed by atoms with Crippen molar-refractivity contribution in [3.63, 3.8) is 0 Å². The number of pyridine rings is 1. The maximum Gasteiger partial charge on any atom is 0.258 e. The van der Waals surface area contributed by atoms with Crippen LogP contribution in [0.25, 0.3) is 22.2 Å². The highest BCUT2D eigenvalue weighted by atomic mass is 35.5. The van der Waals surface area contributed by atoms with Crippen LogP contribution in [0.1, 0.15) is 11.8 Å². The van der Waals surface area contributed by atoms with Gasteiger partial charge in [-0.25, -0.2) is 9.20 Å². The highest BCUT2D eigenvalue weighted by Crippen LogP contribution is 2.43. The molecule has 0 saturated heterocycles. The standard InChI is InChI=1S/C16H15ClN6O2S2/c1-16(8-27(24)23(2)15(18)20-16)12-10(17)7-11(26-12)14-22-21-13(25-14)9-3-5-19-6-4-9/h3-7H,8H2,1-2H3,(H2,18,20)/t16-,27?/m0/s1. The predicted molar refractivity (Wildman–Crippen MR) is 106 cm³/mol. The molecule has 2 N–H and O–H groups in total. The molecule has 2 atom stereocenters. The van der Waals surface area contributed by atoms with Crippen molar-refractivity contribution in [1.29, 1.82) is 0 Å². The van der Waals surface area contributed by atoms with Crippen molar-refractivity contribution in [3.8, 4) is 22.2 Å². The lowest BCUT2D eigenvalue weighted by Crippen LogP contribution is -2.47. The van der Waals surface area contributed by atoms with Crippen molar-refractivity contribution in [2.45, 2.75) is 12.5 Å². The fraction of sp³-hybridized carbons (Fsp3) is 0.250. The third kappa shape index (κ3) is 3.24. The van der Waals surface area contributed by atoms with Gasteiger partial charge in [0.25, 0.3) is 5.89 Å². The van der Waals surface area contributed by atoms with E-state index < -0.39 is 16.5 Å². The number of halogens is 1. The zero-order valence-corrected chi connectivity index (χ0v) is 16.8. The quantitative estimate of drug-likeness (QED) is 0.694. The Kier molecular flexibility index (Phi) is 4.49. The van der Waals surface area contributed by atoms with Crippen LogP contribution in [0.4, 0.5) is 0 Å². The van der Waals surface area contributed by atoms with E-state index in [0.29, 0.717) is 21.7 Å². The number of aromatic nitrogens is 3. The zero-order chi connectivity index (χ0) is 19.2. The van der Waals surface area contributed by atoms with Gasteiger partial charge < -0.3 is 10.2 Å². The van der Waals surface area contributed by atoms with Crippen LogP contribution < -0.4 is 5.73 Å². The Hall–Kier alpha value is -2.30. The highest BCUT2D eigenvalue weighted by molar-refractivity contribution is 7.83. The summed E-state index contributed by atoms with van der Waals surface area (Å²) in [4.78, 5) is 9.96. The summed E-state index contributed by atoms with van der Waals surface area (Å²) in [5.74, 6) is 1.25. The van der Waals surface area contributed by atoms with Crippen molar-refractivity contribution in [3.05, 3.63) is 40.5 Å². The summed E-state index contributed by atoms with van der Waals surface area (Å²) < 4.78 is 19.6. The molecule has 3 aromatic heterocycles. The summed E-state index contributed by atoms with van der Waals surface area (Å²) in [6.07, 6.45) is 3.31. The van der Waals surface area contributed by atoms with Crippen molar-refractivity contribution in [2.24, 2.45) is 10.7 Å². The van der Waals surface area contributed by atoms with Crippen molar-refractivity contribution in [1.82, 2.24) is 19.5 Å². The fourth-order valence-electron chi connectivity index (χ4n) is 2.69. The van der Waals surface area contributed by atoms with E-state index >= 15 is 0 Å². The number of guanidine groups is 1. The van der Waals surface area contributed by atoms with Crippen molar-refractivity contribution in [2.75, 3.05) is 12.8 Å². The molecule has 8 nitrogen and oxygen atoms in total. The van der Waals surface area contributed by atoms with E-state index in [1.807, 2.05) is 6.92 Å². The minimum absolute atomic E-state index is 0.214. The lowest BCUT2D eigenvalue weighted by Gasteiger charge is -2.33. The van der Waals surface area contributed by atoms with Crippen LogP contribution in [0.2, 0.25) is 5.02 Å². The lowest BCUT2D eigenvalue weighted by molar-refractivity contribution is 0.524. The summed E-state index contributed by atoms with van der Waals surface area (Å²) >= 11 is 7.84. The Bertz CT molecular complexity index is 1050. The molecule has 1 unspecified atom stereocenters. The Morgan fingerprint density at radius 1 is 1.33 bits per heavy atom. The summed E-state index contributed by atoms with van der Waals surface area (Å²) in [5.41, 5.74) is 5.91. The second-order valence-electron chi connectivity index (χ2n) is 6.14. The topological polar surface area (TPSA) is 110 Å². The molecule has 0 bridgehead atoms. The summed E-state index contributed by atoms with van der Waals surface area (Å²) in [5, 5.41) is 8.69. The average molecular weight is 423 g/mol. The Morgan fingerprint density at radius 3 is 2.74 bits per heavy atom. The molecule has 0 saturated carbocycles. The van der Waals surface area contributed by atoms with Gasteiger partial charge in [0.1, 0.15) is 16.5 Å². The van der Waals surface area contributed by atoms with Gasteiger partial charge >= 0.3 is 0 Å². The van der Waals surface area contributed by atoms with E-state index in [1.165, 1.54) is 15.6 Å². The van der Waals surface area contributed by atoms with Gasteiger partial charge in [0.15, 0.2) is 0 Å². The number of aliphatic imine (C=N–C) groups is 1. The second-order valence-corrected chi connectivity index (χ2v) is 9.08. The molecule has 0 aromatic carbocycles. The molecular formula is C16H15ClN6O2S2. The van der Waals surface area contributed by atoms with E-state index in [4.69, 9.17) is 21.8 Å². The van der Waals surface area contributed by atoms with Gasteiger partial charge in [0.05, 0.1) is 20.5 Å². The molecule has 0 fully saturated rings. The summed E-state index contributed by atoms with van der Waals surface area (Å²) in [7, 11) is 0.367. The van der Waals surface area contributed by atoms with E-state index in [-0.39, 0.29) is 11.7 Å². The van der Waals surface area contributed by atoms with E-state index in [2.05, 4.69) is 20.2 Å². The molecular weight excluding hydrogens is 408 g/mol. The highest BCUT2D eigenvalue weighted by Gasteiger charge is 2.38. The van der Waals surface area contributed by atoms with Crippen LogP contribution in [0.3, 0.4) is 0 Å². The average Bonchev–Trinajstić information content (AvgIpc) is 3.27. The molecule has 11 heteroatoms. The van der Waals surface area contributed by atoms with Crippen LogP contribution in [-0.2, 0) is 16.5 Å².